The highest BCUT2D eigenvalue weighted by molar-refractivity contribution is 7.19. The molecule has 0 amide bonds. The van der Waals surface area contributed by atoms with Gasteiger partial charge in [-0.2, -0.15) is 0 Å². The van der Waals surface area contributed by atoms with E-state index in [1.165, 1.54) is 40.7 Å². The average Bonchev–Trinajstić information content (AvgIpc) is 3.06. The highest BCUT2D eigenvalue weighted by atomic mass is 32.1. The first-order valence-electron chi connectivity index (χ1n) is 7.97. The number of thiophene rings is 2. The number of rotatable bonds is 1. The van der Waals surface area contributed by atoms with Crippen LogP contribution in [0, 0.1) is 6.92 Å². The van der Waals surface area contributed by atoms with Crippen molar-refractivity contribution in [2.45, 2.75) is 40.5 Å². The molecule has 0 radical (unpaired) electrons. The van der Waals surface area contributed by atoms with Gasteiger partial charge in [0.15, 0.2) is 0 Å². The van der Waals surface area contributed by atoms with Gasteiger partial charge < -0.3 is 0 Å². The molecule has 2 heterocycles. The molecule has 0 fully saturated rings. The maximum atomic E-state index is 2.36. The van der Waals surface area contributed by atoms with Gasteiger partial charge in [0.1, 0.15) is 0 Å². The summed E-state index contributed by atoms with van der Waals surface area (Å²) in [5, 5.41) is 5.48. The van der Waals surface area contributed by atoms with E-state index in [-0.39, 0.29) is 0 Å². The monoisotopic (exact) mass is 326 g/mol. The van der Waals surface area contributed by atoms with Crippen molar-refractivity contribution in [1.29, 1.82) is 0 Å². The largest absolute Gasteiger partial charge is 0.141 e. The highest BCUT2D eigenvalue weighted by Crippen LogP contribution is 2.36. The molecule has 0 saturated heterocycles. The van der Waals surface area contributed by atoms with Gasteiger partial charge in [0.05, 0.1) is 0 Å². The summed E-state index contributed by atoms with van der Waals surface area (Å²) in [5.74, 6) is 0.613. The van der Waals surface area contributed by atoms with Gasteiger partial charge in [-0.25, -0.2) is 0 Å². The molecule has 2 heteroatoms. The van der Waals surface area contributed by atoms with Crippen LogP contribution in [0.25, 0.3) is 30.9 Å². The highest BCUT2D eigenvalue weighted by Gasteiger charge is 2.08. The molecule has 0 nitrogen and oxygen atoms in total. The molecular formula is C20H22S2. The van der Waals surface area contributed by atoms with Crippen LogP contribution in [0.5, 0.6) is 0 Å². The van der Waals surface area contributed by atoms with Crippen LogP contribution < -0.4 is 0 Å². The molecule has 4 rings (SSSR count). The predicted molar refractivity (Wildman–Crippen MR) is 105 cm³/mol. The minimum absolute atomic E-state index is 0.613. The Morgan fingerprint density at radius 1 is 0.682 bits per heavy atom. The third kappa shape index (κ3) is 2.66. The van der Waals surface area contributed by atoms with Crippen LogP contribution in [-0.2, 0) is 0 Å². The molecule has 0 aliphatic heterocycles. The minimum Gasteiger partial charge on any atom is -0.141 e. The molecule has 114 valence electrons. The number of fused-ring (bicyclic) bond motifs is 3. The Morgan fingerprint density at radius 3 is 1.82 bits per heavy atom. The van der Waals surface area contributed by atoms with E-state index in [4.69, 9.17) is 0 Å². The van der Waals surface area contributed by atoms with Crippen molar-refractivity contribution in [3.05, 3.63) is 46.2 Å². The lowest BCUT2D eigenvalue weighted by molar-refractivity contribution is 0.890. The lowest BCUT2D eigenvalue weighted by atomic mass is 10.1. The quantitative estimate of drug-likeness (QED) is 0.336. The second kappa shape index (κ2) is 6.02. The second-order valence-electron chi connectivity index (χ2n) is 5.79. The molecule has 4 aromatic rings. The summed E-state index contributed by atoms with van der Waals surface area (Å²) in [4.78, 5) is 2.87. The fourth-order valence-corrected chi connectivity index (χ4v) is 4.81. The second-order valence-corrected chi connectivity index (χ2v) is 8.19. The Morgan fingerprint density at radius 2 is 1.23 bits per heavy atom. The molecule has 0 aliphatic carbocycles. The molecule has 0 atom stereocenters. The molecular weight excluding hydrogens is 304 g/mol. The van der Waals surface area contributed by atoms with Gasteiger partial charge in [-0.3, -0.25) is 0 Å². The summed E-state index contributed by atoms with van der Waals surface area (Å²) in [5.41, 5.74) is 0. The van der Waals surface area contributed by atoms with Crippen LogP contribution in [0.15, 0.2) is 36.4 Å². The minimum atomic E-state index is 0.613. The summed E-state index contributed by atoms with van der Waals surface area (Å²) >= 11 is 3.82. The van der Waals surface area contributed by atoms with E-state index in [1.807, 2.05) is 36.5 Å². The normalized spacial score (nSPS) is 11.4. The average molecular weight is 327 g/mol. The smallest absolute Gasteiger partial charge is 0.0352 e. The van der Waals surface area contributed by atoms with Gasteiger partial charge in [0.25, 0.3) is 0 Å². The zero-order valence-electron chi connectivity index (χ0n) is 13.9. The maximum Gasteiger partial charge on any atom is 0.0352 e. The lowest BCUT2D eigenvalue weighted by Gasteiger charge is -1.99. The van der Waals surface area contributed by atoms with E-state index < -0.39 is 0 Å². The molecule has 0 aliphatic rings. The zero-order valence-corrected chi connectivity index (χ0v) is 15.5. The number of aryl methyl sites for hydroxylation is 1. The molecule has 0 spiro atoms. The van der Waals surface area contributed by atoms with Crippen molar-refractivity contribution in [2.24, 2.45) is 0 Å². The summed E-state index contributed by atoms with van der Waals surface area (Å²) in [6.07, 6.45) is 0. The molecule has 0 saturated carbocycles. The SMILES string of the molecule is CC.Cc1cc2cc3cc4sc(C(C)C)cc4cc3cc2s1. The van der Waals surface area contributed by atoms with E-state index >= 15 is 0 Å². The first-order chi connectivity index (χ1) is 10.6. The summed E-state index contributed by atoms with van der Waals surface area (Å²) in [6, 6.07) is 14.0. The van der Waals surface area contributed by atoms with E-state index in [9.17, 15) is 0 Å². The molecule has 22 heavy (non-hydrogen) atoms. The van der Waals surface area contributed by atoms with Crippen molar-refractivity contribution in [3.8, 4) is 0 Å². The van der Waals surface area contributed by atoms with Gasteiger partial charge in [-0.05, 0) is 70.8 Å². The third-order valence-electron chi connectivity index (χ3n) is 3.82. The Hall–Kier alpha value is -1.38. The Kier molecular flexibility index (Phi) is 4.24. The molecule has 0 N–H and O–H groups in total. The first kappa shape index (κ1) is 15.5. The fourth-order valence-electron chi connectivity index (χ4n) is 2.76. The predicted octanol–water partition coefficient (Wildman–Crippen LogP) is 7.73. The van der Waals surface area contributed by atoms with Gasteiger partial charge in [-0.15, -0.1) is 22.7 Å². The third-order valence-corrected chi connectivity index (χ3v) is 6.23. The zero-order chi connectivity index (χ0) is 15.9. The summed E-state index contributed by atoms with van der Waals surface area (Å²) in [7, 11) is 0. The molecule has 0 bridgehead atoms. The van der Waals surface area contributed by atoms with Crippen LogP contribution in [0.2, 0.25) is 0 Å². The van der Waals surface area contributed by atoms with Crippen molar-refractivity contribution < 1.29 is 0 Å². The van der Waals surface area contributed by atoms with Gasteiger partial charge in [0, 0.05) is 19.2 Å². The van der Waals surface area contributed by atoms with E-state index in [2.05, 4.69) is 57.2 Å². The Bertz CT molecular complexity index is 868. The standard InChI is InChI=1S/C18H16S2.C2H6/c1-10(2)16-9-15-6-13-7-17-14(4-11(3)19-17)5-12(13)8-18(15)20-16;1-2/h4-10H,1-3H3;1-2H3. The van der Waals surface area contributed by atoms with Crippen LogP contribution >= 0.6 is 22.7 Å². The van der Waals surface area contributed by atoms with Crippen LogP contribution in [0.4, 0.5) is 0 Å². The first-order valence-corrected chi connectivity index (χ1v) is 9.61. The van der Waals surface area contributed by atoms with Gasteiger partial charge >= 0.3 is 0 Å². The summed E-state index contributed by atoms with van der Waals surface area (Å²) < 4.78 is 2.81. The topological polar surface area (TPSA) is 0 Å². The molecule has 0 unspecified atom stereocenters. The van der Waals surface area contributed by atoms with Crippen LogP contribution in [-0.4, -0.2) is 0 Å². The number of hydrogen-bond donors (Lipinski definition) is 0. The maximum absolute atomic E-state index is 2.36. The van der Waals surface area contributed by atoms with Crippen molar-refractivity contribution in [1.82, 2.24) is 0 Å². The van der Waals surface area contributed by atoms with E-state index in [0.29, 0.717) is 5.92 Å². The van der Waals surface area contributed by atoms with Crippen molar-refractivity contribution in [2.75, 3.05) is 0 Å². The summed E-state index contributed by atoms with van der Waals surface area (Å²) in [6.45, 7) is 10.7. The van der Waals surface area contributed by atoms with Crippen molar-refractivity contribution >= 4 is 53.6 Å². The Labute approximate surface area is 140 Å². The molecule has 2 aromatic heterocycles. The number of benzene rings is 2. The molecule has 2 aromatic carbocycles. The van der Waals surface area contributed by atoms with E-state index in [0.717, 1.165) is 0 Å². The number of hydrogen-bond acceptors (Lipinski definition) is 2. The fraction of sp³-hybridized carbons (Fsp3) is 0.300. The van der Waals surface area contributed by atoms with Gasteiger partial charge in [0.2, 0.25) is 0 Å². The van der Waals surface area contributed by atoms with Crippen LogP contribution in [0.1, 0.15) is 43.4 Å². The van der Waals surface area contributed by atoms with E-state index in [1.54, 1.807) is 0 Å². The Balaban J connectivity index is 0.000000693. The van der Waals surface area contributed by atoms with Crippen LogP contribution in [0.3, 0.4) is 0 Å². The lowest BCUT2D eigenvalue weighted by Crippen LogP contribution is -1.77. The van der Waals surface area contributed by atoms with Gasteiger partial charge in [-0.1, -0.05) is 27.7 Å². The van der Waals surface area contributed by atoms with Crippen molar-refractivity contribution in [3.63, 3.8) is 0 Å².